The molecule has 230 valence electrons. The van der Waals surface area contributed by atoms with Gasteiger partial charge >= 0.3 is 51.2 Å². The Balaban J connectivity index is 0.000000834. The minimum Gasteiger partial charge on any atom is -0.379 e. The first-order valence-corrected chi connectivity index (χ1v) is 13.9. The van der Waals surface area contributed by atoms with Crippen LogP contribution in [0.5, 0.6) is 0 Å². The van der Waals surface area contributed by atoms with Gasteiger partial charge in [-0.1, -0.05) is 0 Å². The van der Waals surface area contributed by atoms with Crippen LogP contribution in [0.4, 0.5) is 0 Å². The molecule has 44 heavy (non-hydrogen) atoms. The Morgan fingerprint density at radius 3 is 0.705 bits per heavy atom. The van der Waals surface area contributed by atoms with Crippen molar-refractivity contribution in [1.82, 2.24) is 0 Å². The first kappa shape index (κ1) is 45.4. The third-order valence-electron chi connectivity index (χ3n) is 5.84. The summed E-state index contributed by atoms with van der Waals surface area (Å²) in [6, 6.07) is 0. The second-order valence-corrected chi connectivity index (χ2v) is 9.61. The van der Waals surface area contributed by atoms with E-state index in [2.05, 4.69) is 0 Å². The Morgan fingerprint density at radius 1 is 0.341 bits per heavy atom. The molecule has 6 saturated carbocycles. The SMILES string of the molecule is NC(COC[C]1[CH][CH][CH][CH]1)(COC[C]1[CH][CH][CH][CH]1)COC[C]1[CH][CH][CH][CH]1.[CH]1[CH][CH][CH][CH]1.[CH]1[CH][CH][CH][CH]1.[CH]1[CH][CH][CH][CH]1.[Fe+2].[Fe+2].[Fe+2]. The van der Waals surface area contributed by atoms with Crippen LogP contribution in [0, 0.1) is 191 Å². The molecule has 0 aliphatic heterocycles. The van der Waals surface area contributed by atoms with E-state index in [4.69, 9.17) is 19.9 Å². The maximum atomic E-state index is 6.54. The van der Waals surface area contributed by atoms with Gasteiger partial charge in [0.05, 0.1) is 45.2 Å². The molecule has 6 aliphatic rings. The van der Waals surface area contributed by atoms with Crippen molar-refractivity contribution in [2.75, 3.05) is 39.6 Å². The molecule has 6 aliphatic carbocycles. The second-order valence-electron chi connectivity index (χ2n) is 9.61. The van der Waals surface area contributed by atoms with Crippen LogP contribution in [0.2, 0.25) is 0 Å². The van der Waals surface area contributed by atoms with Gasteiger partial charge in [0.1, 0.15) is 0 Å². The van der Waals surface area contributed by atoms with Crippen LogP contribution in [0.25, 0.3) is 0 Å². The van der Waals surface area contributed by atoms with E-state index >= 15 is 0 Å². The van der Waals surface area contributed by atoms with Crippen molar-refractivity contribution >= 4 is 0 Å². The molecule has 6 fully saturated rings. The molecule has 0 aromatic rings. The molecule has 7 heteroatoms. The van der Waals surface area contributed by atoms with Crippen molar-refractivity contribution < 1.29 is 65.4 Å². The predicted octanol–water partition coefficient (Wildman–Crippen LogP) is 5.01. The summed E-state index contributed by atoms with van der Waals surface area (Å²) in [6.07, 6.45) is 54.2. The van der Waals surface area contributed by atoms with Crippen LogP contribution in [-0.4, -0.2) is 45.2 Å². The van der Waals surface area contributed by atoms with Crippen molar-refractivity contribution in [2.45, 2.75) is 5.54 Å². The van der Waals surface area contributed by atoms with E-state index in [0.29, 0.717) is 39.6 Å². The predicted molar refractivity (Wildman–Crippen MR) is 165 cm³/mol. The Bertz CT molecular complexity index is 483. The molecule has 0 amide bonds. The van der Waals surface area contributed by atoms with Gasteiger partial charge in [-0.25, -0.2) is 0 Å². The van der Waals surface area contributed by atoms with Gasteiger partial charge in [0.15, 0.2) is 0 Å². The average molecular weight is 715 g/mol. The van der Waals surface area contributed by atoms with Gasteiger partial charge in [0.25, 0.3) is 0 Å². The van der Waals surface area contributed by atoms with Gasteiger partial charge in [0.2, 0.25) is 0 Å². The summed E-state index contributed by atoms with van der Waals surface area (Å²) in [5, 5.41) is 0. The molecule has 2 N–H and O–H groups in total. The van der Waals surface area contributed by atoms with E-state index in [1.165, 1.54) is 0 Å². The molecule has 6 rings (SSSR count). The summed E-state index contributed by atoms with van der Waals surface area (Å²) in [7, 11) is 0. The third kappa shape index (κ3) is 22.9. The van der Waals surface area contributed by atoms with Gasteiger partial charge in [-0.05, 0) is 173 Å². The summed E-state index contributed by atoms with van der Waals surface area (Å²) >= 11 is 0. The fourth-order valence-electron chi connectivity index (χ4n) is 3.73. The molecule has 0 atom stereocenters. The van der Waals surface area contributed by atoms with Crippen molar-refractivity contribution in [3.8, 4) is 0 Å². The smallest absolute Gasteiger partial charge is 0.379 e. The summed E-state index contributed by atoms with van der Waals surface area (Å²) in [5.41, 5.74) is 5.85. The van der Waals surface area contributed by atoms with Crippen LogP contribution in [0.1, 0.15) is 0 Å². The molecule has 0 spiro atoms. The van der Waals surface area contributed by atoms with Crippen molar-refractivity contribution in [2.24, 2.45) is 5.73 Å². The minimum atomic E-state index is -0.689. The van der Waals surface area contributed by atoms with Crippen LogP contribution < -0.4 is 5.73 Å². The molecule has 0 saturated heterocycles. The number of hydrogen-bond donors (Lipinski definition) is 1. The summed E-state index contributed by atoms with van der Waals surface area (Å²) in [4.78, 5) is 0. The Hall–Kier alpha value is 1.40. The van der Waals surface area contributed by atoms with Crippen LogP contribution >= 0.6 is 0 Å². The van der Waals surface area contributed by atoms with Crippen LogP contribution in [-0.2, 0) is 65.4 Å². The Labute approximate surface area is 305 Å². The fourth-order valence-corrected chi connectivity index (χ4v) is 3.73. The Morgan fingerprint density at radius 2 is 0.523 bits per heavy atom. The molecule has 30 radical (unpaired) electrons. The molecule has 0 bridgehead atoms. The molecule has 0 aromatic carbocycles. The topological polar surface area (TPSA) is 53.7 Å². The van der Waals surface area contributed by atoms with E-state index in [0.717, 1.165) is 17.8 Å². The first-order valence-electron chi connectivity index (χ1n) is 13.9. The van der Waals surface area contributed by atoms with Gasteiger partial charge in [-0.2, -0.15) is 0 Å². The number of ether oxygens (including phenoxy) is 3. The number of rotatable bonds is 12. The summed E-state index contributed by atoms with van der Waals surface area (Å²) < 4.78 is 17.5. The standard InChI is InChI=1S/C22H26NO3.3C5H5.3Fe/c23-22(16-24-13-19-7-1-2-8-19,17-25-14-20-9-3-4-10-20)18-26-15-21-11-5-6-12-21;3*1-2-4-5-3-1;;;/h1-12H,13-18,23H2;3*1-5H;;;/q;;;;3*+2. The van der Waals surface area contributed by atoms with E-state index in [1.807, 2.05) is 173 Å². The molecular formula is C37H41Fe3NO3+6. The van der Waals surface area contributed by atoms with Gasteiger partial charge < -0.3 is 19.9 Å². The second kappa shape index (κ2) is 30.5. The van der Waals surface area contributed by atoms with Crippen LogP contribution in [0.3, 0.4) is 0 Å². The number of hydrogen-bond acceptors (Lipinski definition) is 4. The van der Waals surface area contributed by atoms with E-state index in [9.17, 15) is 0 Å². The van der Waals surface area contributed by atoms with Crippen LogP contribution in [0.15, 0.2) is 0 Å². The van der Waals surface area contributed by atoms with E-state index in [1.54, 1.807) is 0 Å². The number of nitrogens with two attached hydrogens (primary N) is 1. The quantitative estimate of drug-likeness (QED) is 0.289. The van der Waals surface area contributed by atoms with Crippen molar-refractivity contribution in [3.63, 3.8) is 0 Å². The summed E-state index contributed by atoms with van der Waals surface area (Å²) in [5.74, 6) is 3.42. The maximum Gasteiger partial charge on any atom is 2.00 e. The van der Waals surface area contributed by atoms with Gasteiger partial charge in [-0.15, -0.1) is 0 Å². The Kier molecular flexibility index (Phi) is 31.4. The van der Waals surface area contributed by atoms with Crippen molar-refractivity contribution in [1.29, 1.82) is 0 Å². The van der Waals surface area contributed by atoms with E-state index < -0.39 is 5.54 Å². The molecular weight excluding hydrogens is 674 g/mol. The third-order valence-corrected chi connectivity index (χ3v) is 5.84. The minimum absolute atomic E-state index is 0. The average Bonchev–Trinajstić information content (AvgIpc) is 3.86. The molecule has 0 heterocycles. The van der Waals surface area contributed by atoms with E-state index in [-0.39, 0.29) is 51.2 Å². The molecule has 4 nitrogen and oxygen atoms in total. The van der Waals surface area contributed by atoms with Gasteiger partial charge in [0, 0.05) is 17.8 Å². The van der Waals surface area contributed by atoms with Gasteiger partial charge in [-0.3, -0.25) is 0 Å². The van der Waals surface area contributed by atoms with Crippen molar-refractivity contribution in [3.05, 3.63) is 191 Å². The largest absolute Gasteiger partial charge is 2.00 e. The normalized spacial score (nSPS) is 22.0. The zero-order chi connectivity index (χ0) is 28.7. The molecule has 0 aromatic heterocycles. The fraction of sp³-hybridized carbons (Fsp3) is 0.189. The monoisotopic (exact) mass is 715 g/mol. The maximum absolute atomic E-state index is 6.54. The first-order chi connectivity index (χ1) is 20.2. The summed E-state index contributed by atoms with van der Waals surface area (Å²) in [6.45, 7) is 2.74. The zero-order valence-electron chi connectivity index (χ0n) is 24.7. The molecule has 0 unspecified atom stereocenters. The zero-order valence-corrected chi connectivity index (χ0v) is 28.0.